The topological polar surface area (TPSA) is 541 Å². The van der Waals surface area contributed by atoms with Gasteiger partial charge in [0, 0.05) is 127 Å². The van der Waals surface area contributed by atoms with Crippen molar-refractivity contribution in [2.24, 2.45) is 0 Å². The first kappa shape index (κ1) is 108. The SMILES string of the molecule is COCCOC(=O)C1=C(C)CC(C)=C(C(=O)OC(C)C)C1c1cccc([N+](=O)[O-])c1.COCCOC(=O)C1=C(C)N(C(=O)OCCl)C(C)=C(C(=O)OC(C)C)C1c1cccc([N+](=O)[O-])c1.COCCOC(=O)C1=C(C)N(C(=O)OCOC(=O)/C=C/C(=O)O)C(C)=C(C(=O)OC(C)C)C1c1cccc([N+](=O)[O-])c1.O=C(Cl)OCCl.O=C([O-])/C=C/C(=O)O.[Na+]. The first-order valence-electron chi connectivity index (χ1n) is 35.6. The fraction of sp³-hybridized carbons (Fsp3) is 0.397. The molecule has 0 saturated heterocycles. The zero-order valence-corrected chi connectivity index (χ0v) is 73.3. The number of carbonyl (C=O) groups is 13. The van der Waals surface area contributed by atoms with Crippen LogP contribution in [0.15, 0.2) is 164 Å². The van der Waals surface area contributed by atoms with E-state index >= 15 is 0 Å². The number of esters is 7. The van der Waals surface area contributed by atoms with Crippen molar-refractivity contribution in [3.05, 3.63) is 212 Å². The number of hydrogen-bond donors (Lipinski definition) is 2. The van der Waals surface area contributed by atoms with E-state index < -0.39 is 135 Å². The largest absolute Gasteiger partial charge is 1.00 e. The normalized spacial score (nSPS) is 14.8. The van der Waals surface area contributed by atoms with Crippen LogP contribution >= 0.6 is 34.8 Å². The molecular formula is C78H89Cl3N5NaO35. The number of benzene rings is 3. The second-order valence-electron chi connectivity index (χ2n) is 25.5. The van der Waals surface area contributed by atoms with Crippen LogP contribution in [0.3, 0.4) is 0 Å². The Morgan fingerprint density at radius 1 is 0.434 bits per heavy atom. The van der Waals surface area contributed by atoms with Crippen molar-refractivity contribution >= 4 is 129 Å². The number of non-ortho nitro benzene ring substituents is 3. The predicted octanol–water partition coefficient (Wildman–Crippen LogP) is 7.77. The van der Waals surface area contributed by atoms with Crippen LogP contribution < -0.4 is 34.7 Å². The summed E-state index contributed by atoms with van der Waals surface area (Å²) in [4.78, 5) is 190. The zero-order chi connectivity index (χ0) is 91.8. The summed E-state index contributed by atoms with van der Waals surface area (Å²) < 4.78 is 65.5. The van der Waals surface area contributed by atoms with Crippen LogP contribution in [0.4, 0.5) is 31.4 Å². The molecule has 0 saturated carbocycles. The van der Waals surface area contributed by atoms with Gasteiger partial charge in [0.1, 0.15) is 19.8 Å². The van der Waals surface area contributed by atoms with Crippen LogP contribution in [0, 0.1) is 30.3 Å². The second-order valence-corrected chi connectivity index (χ2v) is 26.2. The minimum atomic E-state index is -1.51. The molecule has 44 heteroatoms. The molecule has 3 aromatic rings. The Morgan fingerprint density at radius 3 is 1.01 bits per heavy atom. The van der Waals surface area contributed by atoms with Gasteiger partial charge < -0.3 is 81.7 Å². The molecule has 658 valence electrons. The van der Waals surface area contributed by atoms with Gasteiger partial charge in [-0.1, -0.05) is 70.7 Å². The van der Waals surface area contributed by atoms with E-state index in [0.29, 0.717) is 47.4 Å². The molecule has 0 fully saturated rings. The molecule has 6 rings (SSSR count). The molecule has 0 aromatic heterocycles. The maximum atomic E-state index is 13.4. The molecule has 40 nitrogen and oxygen atoms in total. The number of ether oxygens (including phenoxy) is 13. The number of alkyl halides is 2. The van der Waals surface area contributed by atoms with E-state index in [0.717, 1.165) is 20.9 Å². The molecule has 0 bridgehead atoms. The summed E-state index contributed by atoms with van der Waals surface area (Å²) in [5, 5.41) is 60.1. The van der Waals surface area contributed by atoms with Gasteiger partial charge in [-0.05, 0) is 112 Å². The van der Waals surface area contributed by atoms with Crippen LogP contribution in [0.5, 0.6) is 0 Å². The van der Waals surface area contributed by atoms with E-state index in [1.807, 2.05) is 0 Å². The summed E-state index contributed by atoms with van der Waals surface area (Å²) >= 11 is 15.1. The van der Waals surface area contributed by atoms with Crippen LogP contribution in [-0.4, -0.2) is 210 Å². The Morgan fingerprint density at radius 2 is 0.730 bits per heavy atom. The van der Waals surface area contributed by atoms with Gasteiger partial charge >= 0.3 is 101 Å². The van der Waals surface area contributed by atoms with Crippen molar-refractivity contribution in [2.45, 2.75) is 126 Å². The number of allylic oxidation sites excluding steroid dienone is 6. The van der Waals surface area contributed by atoms with Gasteiger partial charge in [-0.25, -0.2) is 57.5 Å². The molecule has 3 atom stereocenters. The van der Waals surface area contributed by atoms with E-state index in [9.17, 15) is 97.8 Å². The fourth-order valence-electron chi connectivity index (χ4n) is 11.4. The molecule has 2 heterocycles. The van der Waals surface area contributed by atoms with Gasteiger partial charge in [0.2, 0.25) is 6.79 Å². The number of carbonyl (C=O) groups excluding carboxylic acids is 11. The summed E-state index contributed by atoms with van der Waals surface area (Å²) in [6.07, 6.45) is -1.12. The van der Waals surface area contributed by atoms with Crippen LogP contribution in [0.1, 0.15) is 124 Å². The van der Waals surface area contributed by atoms with Crippen molar-refractivity contribution in [3.63, 3.8) is 0 Å². The first-order chi connectivity index (χ1) is 56.9. The van der Waals surface area contributed by atoms with Gasteiger partial charge in [0.05, 0.1) is 93.0 Å². The first-order valence-corrected chi connectivity index (χ1v) is 37.0. The van der Waals surface area contributed by atoms with E-state index in [1.54, 1.807) is 61.5 Å². The van der Waals surface area contributed by atoms with Gasteiger partial charge in [-0.2, -0.15) is 0 Å². The van der Waals surface area contributed by atoms with Crippen molar-refractivity contribution in [2.75, 3.05) is 79.9 Å². The molecule has 2 N–H and O–H groups in total. The van der Waals surface area contributed by atoms with Gasteiger partial charge in [0.25, 0.3) is 17.1 Å². The van der Waals surface area contributed by atoms with Gasteiger partial charge in [-0.3, -0.25) is 40.1 Å². The number of nitro groups is 3. The summed E-state index contributed by atoms with van der Waals surface area (Å²) in [7, 11) is 4.32. The summed E-state index contributed by atoms with van der Waals surface area (Å²) in [6, 6.07) is 16.1. The molecule has 2 amide bonds. The van der Waals surface area contributed by atoms with Crippen LogP contribution in [-0.2, 0) is 110 Å². The molecule has 2 aliphatic heterocycles. The summed E-state index contributed by atoms with van der Waals surface area (Å²) in [6.45, 7) is 18.4. The zero-order valence-electron chi connectivity index (χ0n) is 69.0. The minimum Gasteiger partial charge on any atom is -0.545 e. The van der Waals surface area contributed by atoms with Crippen molar-refractivity contribution < 1.29 is 184 Å². The molecule has 3 unspecified atom stereocenters. The van der Waals surface area contributed by atoms with Crippen molar-refractivity contribution in [3.8, 4) is 0 Å². The number of carboxylic acids is 3. The maximum Gasteiger partial charge on any atom is 1.00 e. The Hall–Kier alpha value is -11.8. The third-order valence-corrected chi connectivity index (χ3v) is 16.4. The average molecular weight is 1790 g/mol. The molecular weight excluding hydrogens is 1700 g/mol. The molecule has 3 aliphatic rings. The summed E-state index contributed by atoms with van der Waals surface area (Å²) in [5.74, 6) is -13.2. The Labute approximate surface area is 735 Å². The third-order valence-electron chi connectivity index (χ3n) is 16.1. The number of carboxylic acid groups (broad SMARTS) is 3. The second kappa shape index (κ2) is 54.5. The number of methoxy groups -OCH3 is 3. The number of nitro benzene ring substituents is 3. The molecule has 0 spiro atoms. The van der Waals surface area contributed by atoms with Gasteiger partial charge in [-0.15, -0.1) is 0 Å². The number of amides is 2. The number of aliphatic carboxylic acids is 3. The van der Waals surface area contributed by atoms with Crippen LogP contribution in [0.25, 0.3) is 0 Å². The number of hydrogen-bond acceptors (Lipinski definition) is 33. The standard InChI is InChI=1S/C27H30N2O13.C23H27ClN2O9.C22H27NO7.C4H4O4.C2H2Cl2O2.Na/c1-15(2)42-26(34)23-17(4)28(27(35)41-14-40-21(32)10-9-20(30)31)16(3)22(25(33)39-12-11-38-5)24(23)18-7-6-8-19(13-18)29(36)37;1-13(2)35-22(28)19-15(4)25(23(29)34-12-24)14(3)18(21(27)33-10-9-32-5)20(19)16-7-6-8-17(11-16)26(30)31;1-13(2)30-22(25)19-15(4)11-14(3)18(21(24)29-10-9-28-5)20(19)16-7-6-8-17(12-16)23(26)27;5-3(6)1-2-4(7)8;3-1-6-2(4)5;/h6-10,13,15,24H,11-12,14H2,1-5H3,(H,30,31);6-8,11,13,20H,9-10,12H2,1-5H3;6-8,12-13,20H,9-11H2,1-5H3;1-2H,(H,5,6)(H,7,8);1H2;/q;;;;;+1/p-1/b10-9+;;;2-1+;;. The van der Waals surface area contributed by atoms with E-state index in [2.05, 4.69) is 21.1 Å². The summed E-state index contributed by atoms with van der Waals surface area (Å²) in [5.41, 5.74) is 1.00. The van der Waals surface area contributed by atoms with E-state index in [1.165, 1.54) is 116 Å². The average Bonchev–Trinajstić information content (AvgIpc) is 0.752. The maximum absolute atomic E-state index is 13.4. The minimum absolute atomic E-state index is 0. The Balaban J connectivity index is 0.000000850. The molecule has 3 aromatic carbocycles. The predicted molar refractivity (Wildman–Crippen MR) is 420 cm³/mol. The van der Waals surface area contributed by atoms with Crippen molar-refractivity contribution in [1.29, 1.82) is 0 Å². The van der Waals surface area contributed by atoms with Crippen molar-refractivity contribution in [1.82, 2.24) is 9.80 Å². The monoisotopic (exact) mass is 1780 g/mol. The Kier molecular flexibility index (Phi) is 48.4. The Bertz CT molecular complexity index is 4600. The van der Waals surface area contributed by atoms with E-state index in [-0.39, 0.29) is 155 Å². The molecule has 1 aliphatic carbocycles. The number of halogens is 3. The number of nitrogens with zero attached hydrogens (tertiary/aromatic N) is 5. The fourth-order valence-corrected chi connectivity index (χ4v) is 11.7. The quantitative estimate of drug-likeness (QED) is 0.00575. The molecule has 0 radical (unpaired) electrons. The van der Waals surface area contributed by atoms with Gasteiger partial charge in [0.15, 0.2) is 12.1 Å². The third kappa shape index (κ3) is 34.0. The molecule has 122 heavy (non-hydrogen) atoms. The smallest absolute Gasteiger partial charge is 0.545 e. The number of rotatable bonds is 32. The van der Waals surface area contributed by atoms with Crippen LogP contribution in [0.2, 0.25) is 0 Å². The van der Waals surface area contributed by atoms with E-state index in [4.69, 9.17) is 85.5 Å².